The molecule has 0 aromatic heterocycles. The third-order valence-electron chi connectivity index (χ3n) is 5.70. The molecule has 0 spiro atoms. The van der Waals surface area contributed by atoms with E-state index in [0.29, 0.717) is 22.8 Å². The maximum Gasteiger partial charge on any atom is 0.343 e. The van der Waals surface area contributed by atoms with Gasteiger partial charge < -0.3 is 44.1 Å². The largest absolute Gasteiger partial charge is 0.508 e. The minimum absolute atomic E-state index is 0.0160. The number of carbonyl (C=O) groups is 1. The summed E-state index contributed by atoms with van der Waals surface area (Å²) >= 11 is 0. The zero-order chi connectivity index (χ0) is 26.1. The maximum atomic E-state index is 13.0. The molecule has 3 aromatic carbocycles. The van der Waals surface area contributed by atoms with E-state index >= 15 is 0 Å². The van der Waals surface area contributed by atoms with Crippen LogP contribution in [0.1, 0.15) is 27.0 Å². The minimum atomic E-state index is -0.883. The summed E-state index contributed by atoms with van der Waals surface area (Å²) in [6.45, 7) is 1.50. The lowest BCUT2D eigenvalue weighted by molar-refractivity contribution is 0.0609. The van der Waals surface area contributed by atoms with E-state index in [9.17, 15) is 25.2 Å². The van der Waals surface area contributed by atoms with Crippen LogP contribution in [0.5, 0.6) is 46.0 Å². The topological polar surface area (TPSA) is 144 Å². The monoisotopic (exact) mass is 496 g/mol. The van der Waals surface area contributed by atoms with Crippen LogP contribution >= 0.6 is 0 Å². The molecule has 0 aliphatic carbocycles. The first kappa shape index (κ1) is 24.4. The van der Waals surface area contributed by atoms with Crippen molar-refractivity contribution in [3.63, 3.8) is 0 Å². The second-order valence-corrected chi connectivity index (χ2v) is 7.92. The highest BCUT2D eigenvalue weighted by atomic mass is 16.6. The molecule has 0 atom stereocenters. The molecule has 0 saturated heterocycles. The van der Waals surface area contributed by atoms with Gasteiger partial charge in [0.05, 0.1) is 26.9 Å². The minimum Gasteiger partial charge on any atom is -0.508 e. The Labute approximate surface area is 206 Å². The molecule has 3 aromatic rings. The van der Waals surface area contributed by atoms with E-state index in [1.165, 1.54) is 46.5 Å². The van der Waals surface area contributed by atoms with E-state index in [4.69, 9.17) is 23.7 Å². The Bertz CT molecular complexity index is 1340. The Morgan fingerprint density at radius 1 is 0.833 bits per heavy atom. The van der Waals surface area contributed by atoms with E-state index in [0.717, 1.165) is 6.07 Å². The molecule has 0 radical (unpaired) electrons. The van der Waals surface area contributed by atoms with Crippen molar-refractivity contribution in [2.75, 3.05) is 21.3 Å². The van der Waals surface area contributed by atoms with Crippen LogP contribution in [0.2, 0.25) is 0 Å². The van der Waals surface area contributed by atoms with Crippen LogP contribution in [0.15, 0.2) is 42.2 Å². The number of carbonyl (C=O) groups excluding carboxylic acids is 1. The predicted molar refractivity (Wildman–Crippen MR) is 127 cm³/mol. The van der Waals surface area contributed by atoms with Gasteiger partial charge in [0.1, 0.15) is 28.7 Å². The fraction of sp³-hybridized carbons (Fsp3) is 0.192. The Hall–Kier alpha value is -4.73. The van der Waals surface area contributed by atoms with Crippen molar-refractivity contribution in [2.24, 2.45) is 0 Å². The number of methoxy groups -OCH3 is 3. The van der Waals surface area contributed by atoms with Crippen LogP contribution in [0.3, 0.4) is 0 Å². The first-order valence-corrected chi connectivity index (χ1v) is 10.7. The van der Waals surface area contributed by atoms with Crippen LogP contribution in [0.4, 0.5) is 0 Å². The first-order chi connectivity index (χ1) is 17.2. The standard InChI is InChI=1S/C26H24O10/c1-12-17(28)5-14(6-18(12)29)26(31)36-23-11-16-19(30)9-15(27)10-20(16)35-24(23)13-7-21(32-2)25(34-4)22(8-13)33-3/h5-10,27-30H,11H2,1-4H3. The van der Waals surface area contributed by atoms with Gasteiger partial charge in [-0.05, 0) is 31.2 Å². The molecule has 1 aliphatic heterocycles. The molecule has 0 amide bonds. The quantitative estimate of drug-likeness (QED) is 0.370. The Morgan fingerprint density at radius 3 is 2.00 bits per heavy atom. The summed E-state index contributed by atoms with van der Waals surface area (Å²) in [5.41, 5.74) is 0.772. The number of ether oxygens (including phenoxy) is 5. The summed E-state index contributed by atoms with van der Waals surface area (Å²) in [7, 11) is 4.34. The molecule has 188 valence electrons. The molecule has 1 heterocycles. The van der Waals surface area contributed by atoms with Crippen molar-refractivity contribution in [1.82, 2.24) is 0 Å². The number of phenols is 4. The van der Waals surface area contributed by atoms with Gasteiger partial charge in [0.2, 0.25) is 5.75 Å². The Morgan fingerprint density at radius 2 is 1.44 bits per heavy atom. The van der Waals surface area contributed by atoms with Crippen LogP contribution in [-0.4, -0.2) is 47.7 Å². The van der Waals surface area contributed by atoms with Gasteiger partial charge in [-0.2, -0.15) is 0 Å². The van der Waals surface area contributed by atoms with Crippen molar-refractivity contribution >= 4 is 11.7 Å². The molecule has 0 saturated carbocycles. The van der Waals surface area contributed by atoms with Gasteiger partial charge in [-0.25, -0.2) is 4.79 Å². The number of fused-ring (bicyclic) bond motifs is 1. The van der Waals surface area contributed by atoms with Crippen LogP contribution in [0.25, 0.3) is 5.76 Å². The molecular weight excluding hydrogens is 472 g/mol. The average Bonchev–Trinajstić information content (AvgIpc) is 2.85. The molecule has 0 fully saturated rings. The van der Waals surface area contributed by atoms with E-state index in [2.05, 4.69) is 0 Å². The van der Waals surface area contributed by atoms with E-state index < -0.39 is 5.97 Å². The SMILES string of the molecule is COc1cc(C2=C(OC(=O)c3cc(O)c(C)c(O)c3)Cc3c(O)cc(O)cc3O2)cc(OC)c1OC. The maximum absolute atomic E-state index is 13.0. The average molecular weight is 496 g/mol. The van der Waals surface area contributed by atoms with Crippen molar-refractivity contribution < 1.29 is 48.9 Å². The number of phenolic OH excluding ortho intramolecular Hbond substituents is 4. The third kappa shape index (κ3) is 4.36. The lowest BCUT2D eigenvalue weighted by Gasteiger charge is -2.25. The number of allylic oxidation sites excluding steroid dienone is 1. The molecule has 4 N–H and O–H groups in total. The highest BCUT2D eigenvalue weighted by Gasteiger charge is 2.29. The van der Waals surface area contributed by atoms with E-state index in [-0.39, 0.29) is 63.4 Å². The van der Waals surface area contributed by atoms with Crippen molar-refractivity contribution in [3.05, 3.63) is 64.4 Å². The van der Waals surface area contributed by atoms with E-state index in [1.807, 2.05) is 0 Å². The van der Waals surface area contributed by atoms with Crippen LogP contribution in [0, 0.1) is 6.92 Å². The highest BCUT2D eigenvalue weighted by molar-refractivity contribution is 5.92. The van der Waals surface area contributed by atoms with Gasteiger partial charge in [0.25, 0.3) is 0 Å². The van der Waals surface area contributed by atoms with Crippen LogP contribution < -0.4 is 18.9 Å². The number of rotatable bonds is 6. The lowest BCUT2D eigenvalue weighted by Crippen LogP contribution is -2.16. The summed E-state index contributed by atoms with van der Waals surface area (Å²) in [6.07, 6.45) is -0.0804. The van der Waals surface area contributed by atoms with Gasteiger partial charge in [0.15, 0.2) is 23.0 Å². The van der Waals surface area contributed by atoms with Crippen molar-refractivity contribution in [1.29, 1.82) is 0 Å². The summed E-state index contributed by atoms with van der Waals surface area (Å²) in [5, 5.41) is 40.4. The first-order valence-electron chi connectivity index (χ1n) is 10.7. The molecule has 0 unspecified atom stereocenters. The Kier molecular flexibility index (Phi) is 6.43. The lowest BCUT2D eigenvalue weighted by atomic mass is 10.0. The third-order valence-corrected chi connectivity index (χ3v) is 5.70. The Balaban J connectivity index is 1.85. The zero-order valence-electron chi connectivity index (χ0n) is 19.9. The number of hydrogen-bond acceptors (Lipinski definition) is 10. The number of esters is 1. The van der Waals surface area contributed by atoms with Gasteiger partial charge in [0, 0.05) is 35.2 Å². The summed E-state index contributed by atoms with van der Waals surface area (Å²) in [4.78, 5) is 13.0. The molecule has 4 rings (SSSR count). The van der Waals surface area contributed by atoms with Gasteiger partial charge in [-0.1, -0.05) is 0 Å². The van der Waals surface area contributed by atoms with E-state index in [1.54, 1.807) is 12.1 Å². The fourth-order valence-electron chi connectivity index (χ4n) is 3.78. The van der Waals surface area contributed by atoms with Crippen LogP contribution in [-0.2, 0) is 11.2 Å². The van der Waals surface area contributed by atoms with Gasteiger partial charge in [-0.3, -0.25) is 0 Å². The molecule has 10 nitrogen and oxygen atoms in total. The number of benzene rings is 3. The molecule has 36 heavy (non-hydrogen) atoms. The second-order valence-electron chi connectivity index (χ2n) is 7.92. The van der Waals surface area contributed by atoms with Crippen molar-refractivity contribution in [2.45, 2.75) is 13.3 Å². The normalized spacial score (nSPS) is 12.4. The fourth-order valence-corrected chi connectivity index (χ4v) is 3.78. The predicted octanol–water partition coefficient (Wildman–Crippen LogP) is 4.00. The molecule has 0 bridgehead atoms. The zero-order valence-corrected chi connectivity index (χ0v) is 19.9. The summed E-state index contributed by atoms with van der Waals surface area (Å²) in [6, 6.07) is 7.97. The van der Waals surface area contributed by atoms with Gasteiger partial charge in [-0.15, -0.1) is 0 Å². The smallest absolute Gasteiger partial charge is 0.343 e. The molecular formula is C26H24O10. The highest BCUT2D eigenvalue weighted by Crippen LogP contribution is 2.45. The summed E-state index contributed by atoms with van der Waals surface area (Å²) < 4.78 is 27.8. The van der Waals surface area contributed by atoms with Crippen molar-refractivity contribution in [3.8, 4) is 46.0 Å². The summed E-state index contributed by atoms with van der Waals surface area (Å²) in [5.74, 6) is -0.707. The molecule has 10 heteroatoms. The van der Waals surface area contributed by atoms with Gasteiger partial charge >= 0.3 is 5.97 Å². The number of aromatic hydroxyl groups is 4. The second kappa shape index (κ2) is 9.49. The molecule has 1 aliphatic rings. The number of hydrogen-bond donors (Lipinski definition) is 4.